The average Bonchev–Trinajstić information content (AvgIpc) is 3.30. The van der Waals surface area contributed by atoms with E-state index < -0.39 is 15.6 Å². The summed E-state index contributed by atoms with van der Waals surface area (Å²) in [5, 5.41) is 15.0. The van der Waals surface area contributed by atoms with Gasteiger partial charge in [0.1, 0.15) is 16.9 Å². The minimum atomic E-state index is -3.34. The number of sulfonamides is 1. The number of nitriles is 1. The van der Waals surface area contributed by atoms with Crippen molar-refractivity contribution in [3.63, 3.8) is 0 Å². The number of ether oxygens (including phenoxy) is 1. The van der Waals surface area contributed by atoms with Crippen LogP contribution in [0.5, 0.6) is 5.88 Å². The third kappa shape index (κ3) is 3.67. The average molecular weight is 476 g/mol. The maximum absolute atomic E-state index is 11.9. The van der Waals surface area contributed by atoms with Gasteiger partial charge in [-0.15, -0.1) is 0 Å². The third-order valence-corrected chi connectivity index (χ3v) is 7.17. The first kappa shape index (κ1) is 21.9. The number of hydrogen-bond acceptors (Lipinski definition) is 8. The van der Waals surface area contributed by atoms with Gasteiger partial charge in [0, 0.05) is 37.1 Å². The summed E-state index contributed by atoms with van der Waals surface area (Å²) in [5.41, 5.74) is 2.60. The van der Waals surface area contributed by atoms with E-state index in [1.165, 1.54) is 10.6 Å². The van der Waals surface area contributed by atoms with E-state index in [4.69, 9.17) is 14.8 Å². The van der Waals surface area contributed by atoms with Crippen molar-refractivity contribution in [1.29, 1.82) is 5.26 Å². The number of rotatable bonds is 6. The first-order valence-electron chi connectivity index (χ1n) is 10.5. The SMILES string of the molecule is COc1ncccc1-c1cc2ncccc2c(-c2ccn(C3(CC#N)CN(S(C)(=O)=O)C3)n2)n1. The number of fused-ring (bicyclic) bond motifs is 1. The van der Waals surface area contributed by atoms with Gasteiger partial charge in [0.05, 0.1) is 42.6 Å². The molecule has 1 aliphatic heterocycles. The molecule has 0 spiro atoms. The largest absolute Gasteiger partial charge is 0.481 e. The zero-order valence-electron chi connectivity index (χ0n) is 18.6. The van der Waals surface area contributed by atoms with E-state index in [1.54, 1.807) is 30.4 Å². The van der Waals surface area contributed by atoms with Crippen molar-refractivity contribution in [1.82, 2.24) is 29.0 Å². The Morgan fingerprint density at radius 1 is 1.15 bits per heavy atom. The molecular formula is C23H21N7O3S. The van der Waals surface area contributed by atoms with Crippen molar-refractivity contribution in [3.8, 4) is 34.6 Å². The highest BCUT2D eigenvalue weighted by molar-refractivity contribution is 7.88. The summed E-state index contributed by atoms with van der Waals surface area (Å²) in [7, 11) is -1.78. The lowest BCUT2D eigenvalue weighted by molar-refractivity contribution is 0.0726. The van der Waals surface area contributed by atoms with Crippen LogP contribution in [0.3, 0.4) is 0 Å². The second-order valence-electron chi connectivity index (χ2n) is 8.22. The van der Waals surface area contributed by atoms with Crippen molar-refractivity contribution in [3.05, 3.63) is 55.0 Å². The van der Waals surface area contributed by atoms with Gasteiger partial charge in [-0.2, -0.15) is 14.7 Å². The van der Waals surface area contributed by atoms with Gasteiger partial charge in [-0.25, -0.2) is 18.4 Å². The molecule has 0 N–H and O–H groups in total. The van der Waals surface area contributed by atoms with E-state index in [0.717, 1.165) is 16.5 Å². The lowest BCUT2D eigenvalue weighted by Crippen LogP contribution is -2.63. The highest BCUT2D eigenvalue weighted by atomic mass is 32.2. The molecule has 0 atom stereocenters. The Hall–Kier alpha value is -3.88. The van der Waals surface area contributed by atoms with Gasteiger partial charge in [0.25, 0.3) is 0 Å². The molecule has 10 nitrogen and oxygen atoms in total. The fourth-order valence-corrected chi connectivity index (χ4v) is 5.15. The van der Waals surface area contributed by atoms with Crippen molar-refractivity contribution in [2.24, 2.45) is 0 Å². The van der Waals surface area contributed by atoms with Gasteiger partial charge in [-0.3, -0.25) is 9.67 Å². The quantitative estimate of drug-likeness (QED) is 0.416. The van der Waals surface area contributed by atoms with Crippen LogP contribution < -0.4 is 4.74 Å². The number of methoxy groups -OCH3 is 1. The van der Waals surface area contributed by atoms with E-state index in [1.807, 2.05) is 36.4 Å². The molecule has 1 saturated heterocycles. The zero-order chi connectivity index (χ0) is 23.9. The van der Waals surface area contributed by atoms with Crippen LogP contribution in [0.2, 0.25) is 0 Å². The van der Waals surface area contributed by atoms with E-state index in [-0.39, 0.29) is 19.5 Å². The lowest BCUT2D eigenvalue weighted by Gasteiger charge is -2.47. The van der Waals surface area contributed by atoms with Crippen LogP contribution >= 0.6 is 0 Å². The molecule has 11 heteroatoms. The third-order valence-electron chi connectivity index (χ3n) is 5.98. The van der Waals surface area contributed by atoms with E-state index in [0.29, 0.717) is 23.0 Å². The maximum Gasteiger partial charge on any atom is 0.222 e. The molecular weight excluding hydrogens is 454 g/mol. The van der Waals surface area contributed by atoms with Crippen LogP contribution in [0.25, 0.3) is 33.5 Å². The first-order valence-corrected chi connectivity index (χ1v) is 12.3. The minimum absolute atomic E-state index is 0.142. The van der Waals surface area contributed by atoms with Crippen LogP contribution in [0, 0.1) is 11.3 Å². The Morgan fingerprint density at radius 2 is 1.91 bits per heavy atom. The summed E-state index contributed by atoms with van der Waals surface area (Å²) < 4.78 is 32.3. The predicted octanol–water partition coefficient (Wildman–Crippen LogP) is 2.45. The summed E-state index contributed by atoms with van der Waals surface area (Å²) in [6, 6.07) is 13.3. The molecule has 0 unspecified atom stereocenters. The van der Waals surface area contributed by atoms with Crippen LogP contribution in [-0.2, 0) is 15.6 Å². The van der Waals surface area contributed by atoms with Crippen molar-refractivity contribution in [2.45, 2.75) is 12.0 Å². The Balaban J connectivity index is 1.61. The molecule has 0 amide bonds. The second kappa shape index (κ2) is 8.16. The van der Waals surface area contributed by atoms with Gasteiger partial charge in [0.15, 0.2) is 0 Å². The topological polar surface area (TPSA) is 127 Å². The summed E-state index contributed by atoms with van der Waals surface area (Å²) >= 11 is 0. The summed E-state index contributed by atoms with van der Waals surface area (Å²) in [6.07, 6.45) is 6.44. The van der Waals surface area contributed by atoms with Crippen molar-refractivity contribution in [2.75, 3.05) is 26.5 Å². The Morgan fingerprint density at radius 3 is 2.65 bits per heavy atom. The Bertz CT molecular complexity index is 1540. The highest BCUT2D eigenvalue weighted by Crippen LogP contribution is 2.36. The smallest absolute Gasteiger partial charge is 0.222 e. The van der Waals surface area contributed by atoms with Gasteiger partial charge < -0.3 is 4.74 Å². The van der Waals surface area contributed by atoms with Gasteiger partial charge >= 0.3 is 0 Å². The van der Waals surface area contributed by atoms with Gasteiger partial charge in [0.2, 0.25) is 15.9 Å². The monoisotopic (exact) mass is 475 g/mol. The Kier molecular flexibility index (Phi) is 5.27. The summed E-state index contributed by atoms with van der Waals surface area (Å²) in [6.45, 7) is 0.395. The van der Waals surface area contributed by atoms with Crippen LogP contribution in [0.4, 0.5) is 0 Å². The van der Waals surface area contributed by atoms with Crippen LogP contribution in [0.1, 0.15) is 6.42 Å². The van der Waals surface area contributed by atoms with Crippen LogP contribution in [-0.4, -0.2) is 63.9 Å². The van der Waals surface area contributed by atoms with Gasteiger partial charge in [-0.05, 0) is 36.4 Å². The molecule has 0 bridgehead atoms. The molecule has 1 fully saturated rings. The molecule has 4 aromatic heterocycles. The summed E-state index contributed by atoms with van der Waals surface area (Å²) in [4.78, 5) is 13.7. The first-order chi connectivity index (χ1) is 16.3. The highest BCUT2D eigenvalue weighted by Gasteiger charge is 2.49. The molecule has 0 saturated carbocycles. The second-order valence-corrected chi connectivity index (χ2v) is 10.2. The maximum atomic E-state index is 11.9. The molecule has 1 aliphatic rings. The molecule has 34 heavy (non-hydrogen) atoms. The molecule has 0 aliphatic carbocycles. The Labute approximate surface area is 196 Å². The standard InChI is InChI=1S/C23H21N7O3S/c1-33-22-17(6-4-11-26-22)20-13-19-16(5-3-10-25-19)21(27-20)18-7-12-30(28-18)23(8-9-24)14-29(15-23)34(2,31)32/h3-7,10-13H,8,14-15H2,1-2H3. The number of pyridine rings is 3. The predicted molar refractivity (Wildman–Crippen MR) is 125 cm³/mol. The van der Waals surface area contributed by atoms with Crippen molar-refractivity contribution >= 4 is 20.9 Å². The summed E-state index contributed by atoms with van der Waals surface area (Å²) in [5.74, 6) is 0.449. The fraction of sp³-hybridized carbons (Fsp3) is 0.261. The fourth-order valence-electron chi connectivity index (χ4n) is 4.20. The molecule has 5 heterocycles. The number of nitrogens with zero attached hydrogens (tertiary/aromatic N) is 7. The molecule has 5 rings (SSSR count). The zero-order valence-corrected chi connectivity index (χ0v) is 19.4. The van der Waals surface area contributed by atoms with Gasteiger partial charge in [-0.1, -0.05) is 0 Å². The van der Waals surface area contributed by atoms with Crippen molar-refractivity contribution < 1.29 is 13.2 Å². The van der Waals surface area contributed by atoms with Crippen LogP contribution in [0.15, 0.2) is 55.0 Å². The molecule has 172 valence electrons. The molecule has 0 radical (unpaired) electrons. The lowest BCUT2D eigenvalue weighted by atomic mass is 9.89. The number of hydrogen-bond donors (Lipinski definition) is 0. The molecule has 4 aromatic rings. The number of aromatic nitrogens is 5. The normalized spacial score (nSPS) is 15.6. The minimum Gasteiger partial charge on any atom is -0.481 e. The van der Waals surface area contributed by atoms with E-state index in [2.05, 4.69) is 16.0 Å². The van der Waals surface area contributed by atoms with E-state index in [9.17, 15) is 13.7 Å². The van der Waals surface area contributed by atoms with E-state index >= 15 is 0 Å². The molecule has 0 aromatic carbocycles.